The third kappa shape index (κ3) is 3.14. The van der Waals surface area contributed by atoms with Gasteiger partial charge in [0, 0.05) is 30.6 Å². The van der Waals surface area contributed by atoms with Gasteiger partial charge in [0.25, 0.3) is 0 Å². The molecule has 3 N–H and O–H groups in total. The number of amides is 1. The molecule has 2 unspecified atom stereocenters. The van der Waals surface area contributed by atoms with Gasteiger partial charge in [-0.25, -0.2) is 0 Å². The van der Waals surface area contributed by atoms with Gasteiger partial charge < -0.3 is 15.7 Å². The van der Waals surface area contributed by atoms with Gasteiger partial charge in [-0.1, -0.05) is 26.0 Å². The Balaban J connectivity index is 1.85. The highest BCUT2D eigenvalue weighted by molar-refractivity contribution is 5.88. The molecule has 1 saturated carbocycles. The van der Waals surface area contributed by atoms with E-state index in [4.69, 9.17) is 0 Å². The zero-order chi connectivity index (χ0) is 14.0. The van der Waals surface area contributed by atoms with Crippen molar-refractivity contribution < 1.29 is 9.90 Å². The van der Waals surface area contributed by atoms with Gasteiger partial charge in [0.2, 0.25) is 5.91 Å². The zero-order valence-corrected chi connectivity index (χ0v) is 11.7. The molecule has 2 atom stereocenters. The average molecular weight is 262 g/mol. The SMILES string of the molecule is CC(=O)Nc1ccc(CNC2CC(O)C2(C)C)cc1. The van der Waals surface area contributed by atoms with Crippen molar-refractivity contribution in [3.8, 4) is 0 Å². The van der Waals surface area contributed by atoms with Crippen LogP contribution in [0.4, 0.5) is 5.69 Å². The number of hydrogen-bond acceptors (Lipinski definition) is 3. The fraction of sp³-hybridized carbons (Fsp3) is 0.533. The predicted octanol–water partition coefficient (Wildman–Crippen LogP) is 1.89. The molecule has 2 rings (SSSR count). The Morgan fingerprint density at radius 1 is 1.37 bits per heavy atom. The van der Waals surface area contributed by atoms with Crippen LogP contribution >= 0.6 is 0 Å². The van der Waals surface area contributed by atoms with Crippen LogP contribution in [0.3, 0.4) is 0 Å². The first-order valence-electron chi connectivity index (χ1n) is 6.67. The molecule has 1 fully saturated rings. The van der Waals surface area contributed by atoms with Crippen LogP contribution in [0.5, 0.6) is 0 Å². The Labute approximate surface area is 114 Å². The second-order valence-corrected chi connectivity index (χ2v) is 5.88. The molecule has 104 valence electrons. The minimum absolute atomic E-state index is 0.0455. The maximum atomic E-state index is 10.9. The summed E-state index contributed by atoms with van der Waals surface area (Å²) < 4.78 is 0. The fourth-order valence-electron chi connectivity index (χ4n) is 2.40. The maximum absolute atomic E-state index is 10.9. The molecular formula is C15H22N2O2. The molecule has 1 aliphatic carbocycles. The van der Waals surface area contributed by atoms with E-state index in [2.05, 4.69) is 24.5 Å². The monoisotopic (exact) mass is 262 g/mol. The van der Waals surface area contributed by atoms with Gasteiger partial charge in [-0.3, -0.25) is 4.79 Å². The summed E-state index contributed by atoms with van der Waals surface area (Å²) in [7, 11) is 0. The van der Waals surface area contributed by atoms with Gasteiger partial charge in [-0.15, -0.1) is 0 Å². The van der Waals surface area contributed by atoms with Crippen LogP contribution in [0.25, 0.3) is 0 Å². The van der Waals surface area contributed by atoms with Crippen LogP contribution in [-0.4, -0.2) is 23.2 Å². The summed E-state index contributed by atoms with van der Waals surface area (Å²) in [4.78, 5) is 10.9. The molecule has 1 amide bonds. The van der Waals surface area contributed by atoms with Gasteiger partial charge in [-0.05, 0) is 24.1 Å². The van der Waals surface area contributed by atoms with Crippen molar-refractivity contribution >= 4 is 11.6 Å². The number of anilines is 1. The van der Waals surface area contributed by atoms with E-state index in [9.17, 15) is 9.90 Å². The lowest BCUT2D eigenvalue weighted by molar-refractivity contribution is -0.114. The number of hydrogen-bond donors (Lipinski definition) is 3. The summed E-state index contributed by atoms with van der Waals surface area (Å²) in [5.41, 5.74) is 1.94. The Morgan fingerprint density at radius 2 is 2.00 bits per heavy atom. The first-order chi connectivity index (χ1) is 8.89. The molecule has 0 spiro atoms. The molecule has 0 heterocycles. The summed E-state index contributed by atoms with van der Waals surface area (Å²) in [5.74, 6) is -0.0592. The van der Waals surface area contributed by atoms with Crippen LogP contribution in [0.1, 0.15) is 32.8 Å². The molecule has 4 nitrogen and oxygen atoms in total. The van der Waals surface area contributed by atoms with Crippen LogP contribution in [0, 0.1) is 5.41 Å². The van der Waals surface area contributed by atoms with Crippen LogP contribution in [0.2, 0.25) is 0 Å². The van der Waals surface area contributed by atoms with Crippen molar-refractivity contribution in [3.63, 3.8) is 0 Å². The van der Waals surface area contributed by atoms with Crippen LogP contribution in [-0.2, 0) is 11.3 Å². The lowest BCUT2D eigenvalue weighted by Crippen LogP contribution is -2.59. The average Bonchev–Trinajstić information content (AvgIpc) is 2.35. The lowest BCUT2D eigenvalue weighted by Gasteiger charge is -2.49. The summed E-state index contributed by atoms with van der Waals surface area (Å²) in [6.07, 6.45) is 0.615. The minimum Gasteiger partial charge on any atom is -0.392 e. The Kier molecular flexibility index (Phi) is 3.92. The number of carbonyl (C=O) groups is 1. The van der Waals surface area contributed by atoms with Crippen molar-refractivity contribution in [2.24, 2.45) is 5.41 Å². The number of nitrogens with one attached hydrogen (secondary N) is 2. The summed E-state index contributed by atoms with van der Waals surface area (Å²) >= 11 is 0. The number of rotatable bonds is 4. The normalized spacial score (nSPS) is 24.6. The van der Waals surface area contributed by atoms with E-state index in [0.29, 0.717) is 6.04 Å². The molecule has 19 heavy (non-hydrogen) atoms. The Bertz CT molecular complexity index is 454. The molecule has 4 heteroatoms. The van der Waals surface area contributed by atoms with Crippen molar-refractivity contribution in [1.82, 2.24) is 5.32 Å². The molecule has 1 aromatic rings. The Hall–Kier alpha value is -1.39. The number of carbonyl (C=O) groups excluding carboxylic acids is 1. The quantitative estimate of drug-likeness (QED) is 0.776. The van der Waals surface area contributed by atoms with Crippen LogP contribution < -0.4 is 10.6 Å². The van der Waals surface area contributed by atoms with Crippen molar-refractivity contribution in [1.29, 1.82) is 0 Å². The molecule has 0 bridgehead atoms. The number of aliphatic hydroxyl groups is 1. The van der Waals surface area contributed by atoms with Crippen molar-refractivity contribution in [2.45, 2.75) is 45.9 Å². The Morgan fingerprint density at radius 3 is 2.47 bits per heavy atom. The molecule has 0 aromatic heterocycles. The first-order valence-corrected chi connectivity index (χ1v) is 6.67. The molecular weight excluding hydrogens is 240 g/mol. The van der Waals surface area contributed by atoms with E-state index in [0.717, 1.165) is 18.7 Å². The first kappa shape index (κ1) is 14.0. The van der Waals surface area contributed by atoms with Gasteiger partial charge >= 0.3 is 0 Å². The largest absolute Gasteiger partial charge is 0.392 e. The van der Waals surface area contributed by atoms with Gasteiger partial charge in [0.05, 0.1) is 6.10 Å². The molecule has 1 aromatic carbocycles. The summed E-state index contributed by atoms with van der Waals surface area (Å²) in [6.45, 7) is 6.44. The third-order valence-electron chi connectivity index (χ3n) is 4.04. The predicted molar refractivity (Wildman–Crippen MR) is 75.8 cm³/mol. The second-order valence-electron chi connectivity index (χ2n) is 5.88. The van der Waals surface area contributed by atoms with Crippen LogP contribution in [0.15, 0.2) is 24.3 Å². The third-order valence-corrected chi connectivity index (χ3v) is 4.04. The minimum atomic E-state index is -0.202. The molecule has 0 aliphatic heterocycles. The number of benzene rings is 1. The van der Waals surface area contributed by atoms with E-state index in [1.54, 1.807) is 0 Å². The van der Waals surface area contributed by atoms with E-state index in [1.165, 1.54) is 12.5 Å². The maximum Gasteiger partial charge on any atom is 0.221 e. The van der Waals surface area contributed by atoms with E-state index < -0.39 is 0 Å². The zero-order valence-electron chi connectivity index (χ0n) is 11.7. The molecule has 1 aliphatic rings. The highest BCUT2D eigenvalue weighted by Crippen LogP contribution is 2.40. The summed E-state index contributed by atoms with van der Waals surface area (Å²) in [5, 5.41) is 15.9. The standard InChI is InChI=1S/C15H22N2O2/c1-10(18)17-12-6-4-11(5-7-12)9-16-13-8-14(19)15(13,2)3/h4-7,13-14,16,19H,8-9H2,1-3H3,(H,17,18). The highest BCUT2D eigenvalue weighted by Gasteiger charge is 2.46. The fourth-order valence-corrected chi connectivity index (χ4v) is 2.40. The lowest BCUT2D eigenvalue weighted by atomic mass is 9.64. The van der Waals surface area contributed by atoms with E-state index in [-0.39, 0.29) is 17.4 Å². The van der Waals surface area contributed by atoms with Gasteiger partial charge in [0.15, 0.2) is 0 Å². The topological polar surface area (TPSA) is 61.4 Å². The van der Waals surface area contributed by atoms with Gasteiger partial charge in [-0.2, -0.15) is 0 Å². The van der Waals surface area contributed by atoms with E-state index >= 15 is 0 Å². The summed E-state index contributed by atoms with van der Waals surface area (Å²) in [6, 6.07) is 8.16. The highest BCUT2D eigenvalue weighted by atomic mass is 16.3. The van der Waals surface area contributed by atoms with Crippen molar-refractivity contribution in [3.05, 3.63) is 29.8 Å². The smallest absolute Gasteiger partial charge is 0.221 e. The van der Waals surface area contributed by atoms with Crippen molar-refractivity contribution in [2.75, 3.05) is 5.32 Å². The van der Waals surface area contributed by atoms with E-state index in [1.807, 2.05) is 24.3 Å². The molecule has 0 saturated heterocycles. The number of aliphatic hydroxyl groups excluding tert-OH is 1. The van der Waals surface area contributed by atoms with Gasteiger partial charge in [0.1, 0.15) is 0 Å². The molecule has 0 radical (unpaired) electrons. The second kappa shape index (κ2) is 5.31.